The molecule has 1 aromatic heterocycles. The predicted octanol–water partition coefficient (Wildman–Crippen LogP) is 0.669. The average molecular weight is 299 g/mol. The van der Waals surface area contributed by atoms with Gasteiger partial charge < -0.3 is 10.2 Å². The number of sulfonamides is 1. The molecule has 0 spiro atoms. The normalized spacial score (nSPS) is 11.2. The summed E-state index contributed by atoms with van der Waals surface area (Å²) in [6.45, 7) is 1.49. The monoisotopic (exact) mass is 299 g/mol. The summed E-state index contributed by atoms with van der Waals surface area (Å²) in [5, 5.41) is 17.5. The summed E-state index contributed by atoms with van der Waals surface area (Å²) in [6, 6.07) is 2.69. The fourth-order valence-electron chi connectivity index (χ4n) is 1.40. The number of hydrogen-bond acceptors (Lipinski definition) is 8. The van der Waals surface area contributed by atoms with Gasteiger partial charge in [0.25, 0.3) is 15.7 Å². The number of anilines is 2. The smallest absolute Gasteiger partial charge is 0.329 e. The number of nitrogens with one attached hydrogen (secondary N) is 1. The van der Waals surface area contributed by atoms with Crippen molar-refractivity contribution >= 4 is 27.4 Å². The number of hydrogen-bond donors (Lipinski definition) is 2. The Labute approximate surface area is 112 Å². The van der Waals surface area contributed by atoms with Gasteiger partial charge in [0.05, 0.1) is 10.6 Å². The summed E-state index contributed by atoms with van der Waals surface area (Å²) in [5.41, 5.74) is 4.94. The molecule has 11 heteroatoms. The van der Waals surface area contributed by atoms with Crippen molar-refractivity contribution < 1.29 is 17.8 Å². The van der Waals surface area contributed by atoms with Gasteiger partial charge in [0.15, 0.2) is 0 Å². The van der Waals surface area contributed by atoms with Crippen molar-refractivity contribution in [1.82, 2.24) is 10.2 Å². The zero-order valence-electron chi connectivity index (χ0n) is 10.1. The number of rotatable bonds is 4. The number of nitrogens with zero attached hydrogens (tertiary/aromatic N) is 3. The molecule has 1 aromatic carbocycles. The van der Waals surface area contributed by atoms with Gasteiger partial charge in [-0.15, -0.1) is 5.10 Å². The van der Waals surface area contributed by atoms with Gasteiger partial charge in [-0.25, -0.2) is 13.1 Å². The highest BCUT2D eigenvalue weighted by Crippen LogP contribution is 2.25. The van der Waals surface area contributed by atoms with Crippen molar-refractivity contribution in [3.63, 3.8) is 0 Å². The van der Waals surface area contributed by atoms with E-state index in [0.29, 0.717) is 0 Å². The molecular weight excluding hydrogens is 290 g/mol. The molecule has 0 amide bonds. The number of nitrogen functional groups attached to an aromatic ring is 1. The predicted molar refractivity (Wildman–Crippen MR) is 67.4 cm³/mol. The van der Waals surface area contributed by atoms with Crippen LogP contribution in [0, 0.1) is 17.0 Å². The third kappa shape index (κ3) is 2.66. The van der Waals surface area contributed by atoms with Gasteiger partial charge >= 0.3 is 6.01 Å². The van der Waals surface area contributed by atoms with Crippen LogP contribution in [-0.2, 0) is 10.0 Å². The van der Waals surface area contributed by atoms with Crippen LogP contribution < -0.4 is 10.5 Å². The first-order chi connectivity index (χ1) is 9.29. The molecule has 0 aliphatic rings. The maximum absolute atomic E-state index is 12.0. The minimum Gasteiger partial charge on any atom is -0.408 e. The Morgan fingerprint density at radius 1 is 1.40 bits per heavy atom. The fourth-order valence-corrected chi connectivity index (χ4v) is 2.44. The zero-order valence-corrected chi connectivity index (χ0v) is 10.9. The topological polar surface area (TPSA) is 154 Å². The molecule has 0 fully saturated rings. The molecule has 20 heavy (non-hydrogen) atoms. The van der Waals surface area contributed by atoms with E-state index < -0.39 is 14.9 Å². The van der Waals surface area contributed by atoms with E-state index in [2.05, 4.69) is 10.2 Å². The summed E-state index contributed by atoms with van der Waals surface area (Å²) in [4.78, 5) is 9.56. The van der Waals surface area contributed by atoms with Gasteiger partial charge in [-0.3, -0.25) is 10.1 Å². The minimum absolute atomic E-state index is 0.180. The van der Waals surface area contributed by atoms with E-state index >= 15 is 0 Å². The van der Waals surface area contributed by atoms with Crippen LogP contribution in [0.25, 0.3) is 0 Å². The van der Waals surface area contributed by atoms with E-state index in [9.17, 15) is 18.5 Å². The molecule has 106 valence electrons. The van der Waals surface area contributed by atoms with E-state index in [-0.39, 0.29) is 28.2 Å². The van der Waals surface area contributed by atoms with Gasteiger partial charge in [0.1, 0.15) is 4.90 Å². The summed E-state index contributed by atoms with van der Waals surface area (Å²) >= 11 is 0. The molecule has 0 aliphatic heterocycles. The highest BCUT2D eigenvalue weighted by atomic mass is 32.2. The van der Waals surface area contributed by atoms with Crippen LogP contribution in [0.1, 0.15) is 5.89 Å². The second kappa shape index (κ2) is 4.77. The summed E-state index contributed by atoms with van der Waals surface area (Å²) < 4.78 is 31.0. The van der Waals surface area contributed by atoms with Crippen LogP contribution in [0.2, 0.25) is 0 Å². The molecule has 0 atom stereocenters. The van der Waals surface area contributed by atoms with Crippen molar-refractivity contribution in [3.05, 3.63) is 34.2 Å². The fraction of sp³-hybridized carbons (Fsp3) is 0.111. The van der Waals surface area contributed by atoms with Gasteiger partial charge in [-0.2, -0.15) is 0 Å². The SMILES string of the molecule is Cc1nnc(NS(=O)(=O)c2ccc([N+](=O)[O-])cc2N)o1. The van der Waals surface area contributed by atoms with Gasteiger partial charge in [0.2, 0.25) is 5.89 Å². The highest BCUT2D eigenvalue weighted by Gasteiger charge is 2.22. The molecule has 1 heterocycles. The number of nitro groups is 1. The summed E-state index contributed by atoms with van der Waals surface area (Å²) in [5.74, 6) is 0.180. The van der Waals surface area contributed by atoms with Crippen LogP contribution in [0.5, 0.6) is 0 Å². The van der Waals surface area contributed by atoms with Crippen LogP contribution in [-0.4, -0.2) is 23.5 Å². The molecule has 3 N–H and O–H groups in total. The quantitative estimate of drug-likeness (QED) is 0.474. The maximum atomic E-state index is 12.0. The van der Waals surface area contributed by atoms with Crippen LogP contribution >= 0.6 is 0 Å². The number of benzene rings is 1. The summed E-state index contributed by atoms with van der Waals surface area (Å²) in [6.07, 6.45) is 0. The first-order valence-electron chi connectivity index (χ1n) is 5.16. The number of non-ortho nitro benzene ring substituents is 1. The third-order valence-corrected chi connectivity index (χ3v) is 3.64. The van der Waals surface area contributed by atoms with E-state index in [1.54, 1.807) is 0 Å². The molecule has 10 nitrogen and oxygen atoms in total. The van der Waals surface area contributed by atoms with E-state index in [1.165, 1.54) is 6.92 Å². The highest BCUT2D eigenvalue weighted by molar-refractivity contribution is 7.92. The molecule has 2 aromatic rings. The Balaban J connectivity index is 2.37. The molecule has 0 aliphatic carbocycles. The Morgan fingerprint density at radius 3 is 2.60 bits per heavy atom. The number of nitrogens with two attached hydrogens (primary N) is 1. The Kier molecular flexibility index (Phi) is 3.28. The Morgan fingerprint density at radius 2 is 2.10 bits per heavy atom. The van der Waals surface area contributed by atoms with E-state index in [0.717, 1.165) is 18.2 Å². The zero-order chi connectivity index (χ0) is 14.9. The first-order valence-corrected chi connectivity index (χ1v) is 6.65. The van der Waals surface area contributed by atoms with Gasteiger partial charge in [-0.1, -0.05) is 5.10 Å². The van der Waals surface area contributed by atoms with E-state index in [1.807, 2.05) is 4.72 Å². The lowest BCUT2D eigenvalue weighted by Gasteiger charge is -2.06. The molecule has 2 rings (SSSR count). The second-order valence-electron chi connectivity index (χ2n) is 3.71. The maximum Gasteiger partial charge on any atom is 0.329 e. The summed E-state index contributed by atoms with van der Waals surface area (Å²) in [7, 11) is -4.07. The molecule has 0 bridgehead atoms. The van der Waals surface area contributed by atoms with Crippen LogP contribution in [0.3, 0.4) is 0 Å². The van der Waals surface area contributed by atoms with Crippen molar-refractivity contribution in [3.8, 4) is 0 Å². The second-order valence-corrected chi connectivity index (χ2v) is 5.36. The van der Waals surface area contributed by atoms with Crippen molar-refractivity contribution in [2.75, 3.05) is 10.5 Å². The number of nitro benzene ring substituents is 1. The number of aryl methyl sites for hydroxylation is 1. The molecule has 0 unspecified atom stereocenters. The Hall–Kier alpha value is -2.69. The van der Waals surface area contributed by atoms with Gasteiger partial charge in [-0.05, 0) is 6.07 Å². The lowest BCUT2D eigenvalue weighted by atomic mass is 10.3. The molecule has 0 radical (unpaired) electrons. The first kappa shape index (κ1) is 13.7. The van der Waals surface area contributed by atoms with Crippen molar-refractivity contribution in [1.29, 1.82) is 0 Å². The van der Waals surface area contributed by atoms with Crippen LogP contribution in [0.15, 0.2) is 27.5 Å². The Bertz CT molecular complexity index is 769. The molecule has 0 saturated heterocycles. The molecular formula is C9H9N5O5S. The molecule has 0 saturated carbocycles. The largest absolute Gasteiger partial charge is 0.408 e. The van der Waals surface area contributed by atoms with Crippen LogP contribution in [0.4, 0.5) is 17.4 Å². The van der Waals surface area contributed by atoms with Crippen molar-refractivity contribution in [2.45, 2.75) is 11.8 Å². The standard InChI is InChI=1S/C9H9N5O5S/c1-5-11-12-9(19-5)13-20(17,18)8-3-2-6(14(15)16)4-7(8)10/h2-4H,10H2,1H3,(H,12,13). The lowest BCUT2D eigenvalue weighted by Crippen LogP contribution is -2.15. The average Bonchev–Trinajstić information content (AvgIpc) is 2.73. The van der Waals surface area contributed by atoms with Gasteiger partial charge in [0, 0.05) is 19.1 Å². The lowest BCUT2D eigenvalue weighted by molar-refractivity contribution is -0.384. The minimum atomic E-state index is -4.07. The third-order valence-electron chi connectivity index (χ3n) is 2.24. The number of aromatic nitrogens is 2. The van der Waals surface area contributed by atoms with Crippen molar-refractivity contribution in [2.24, 2.45) is 0 Å². The van der Waals surface area contributed by atoms with E-state index in [4.69, 9.17) is 10.2 Å².